The molecule has 0 bridgehead atoms. The summed E-state index contributed by atoms with van der Waals surface area (Å²) >= 11 is 0. The summed E-state index contributed by atoms with van der Waals surface area (Å²) < 4.78 is 1.74. The third-order valence-corrected chi connectivity index (χ3v) is 6.13. The van der Waals surface area contributed by atoms with Gasteiger partial charge in [0.25, 0.3) is 5.56 Å². The van der Waals surface area contributed by atoms with Gasteiger partial charge in [-0.15, -0.1) is 0 Å². The van der Waals surface area contributed by atoms with Crippen LogP contribution < -0.4 is 5.56 Å². The van der Waals surface area contributed by atoms with Crippen molar-refractivity contribution < 1.29 is 0 Å². The van der Waals surface area contributed by atoms with E-state index in [-0.39, 0.29) is 23.2 Å². The maximum atomic E-state index is 13.4. The highest BCUT2D eigenvalue weighted by atomic mass is 16.1. The summed E-state index contributed by atoms with van der Waals surface area (Å²) in [5.41, 5.74) is 3.67. The molecule has 0 aliphatic carbocycles. The zero-order valence-corrected chi connectivity index (χ0v) is 19.6. The fraction of sp³-hybridized carbons (Fsp3) is 0.333. The Kier molecular flexibility index (Phi) is 6.41. The summed E-state index contributed by atoms with van der Waals surface area (Å²) in [6.45, 7) is 9.83. The molecule has 1 aliphatic heterocycles. The fourth-order valence-electron chi connectivity index (χ4n) is 4.41. The van der Waals surface area contributed by atoms with Gasteiger partial charge in [-0.2, -0.15) is 5.26 Å². The molecule has 6 heteroatoms. The van der Waals surface area contributed by atoms with Crippen molar-refractivity contribution in [1.82, 2.24) is 14.5 Å². The summed E-state index contributed by atoms with van der Waals surface area (Å²) in [5, 5.41) is 9.69. The molecule has 0 N–H and O–H groups in total. The largest absolute Gasteiger partial charge is 0.344 e. The minimum Gasteiger partial charge on any atom is -0.344 e. The molecule has 1 unspecified atom stereocenters. The van der Waals surface area contributed by atoms with Gasteiger partial charge in [-0.3, -0.25) is 14.4 Å². The minimum absolute atomic E-state index is 0.141. The van der Waals surface area contributed by atoms with Gasteiger partial charge in [0.15, 0.2) is 5.69 Å². The Morgan fingerprint density at radius 3 is 2.39 bits per heavy atom. The van der Waals surface area contributed by atoms with Crippen LogP contribution in [0.4, 0.5) is 0 Å². The first-order chi connectivity index (χ1) is 15.9. The molecule has 1 aromatic heterocycles. The first-order valence-electron chi connectivity index (χ1n) is 11.3. The molecule has 4 rings (SSSR count). The van der Waals surface area contributed by atoms with E-state index in [9.17, 15) is 10.1 Å². The van der Waals surface area contributed by atoms with E-state index in [0.717, 1.165) is 23.5 Å². The van der Waals surface area contributed by atoms with Crippen molar-refractivity contribution in [1.29, 1.82) is 5.26 Å². The van der Waals surface area contributed by atoms with Crippen LogP contribution in [0.2, 0.25) is 0 Å². The van der Waals surface area contributed by atoms with Gasteiger partial charge in [-0.25, -0.2) is 4.98 Å². The van der Waals surface area contributed by atoms with E-state index in [1.807, 2.05) is 30.3 Å². The summed E-state index contributed by atoms with van der Waals surface area (Å²) in [7, 11) is 0. The first kappa shape index (κ1) is 22.5. The van der Waals surface area contributed by atoms with E-state index in [1.54, 1.807) is 11.5 Å². The van der Waals surface area contributed by atoms with Gasteiger partial charge in [-0.05, 0) is 25.3 Å². The number of aliphatic imine (C=N–C) groups is 1. The van der Waals surface area contributed by atoms with Crippen LogP contribution >= 0.6 is 0 Å². The molecular weight excluding hydrogens is 410 g/mol. The van der Waals surface area contributed by atoms with Crippen LogP contribution in [-0.4, -0.2) is 33.4 Å². The van der Waals surface area contributed by atoms with E-state index < -0.39 is 0 Å². The van der Waals surface area contributed by atoms with Gasteiger partial charge in [0, 0.05) is 12.1 Å². The molecule has 0 amide bonds. The Morgan fingerprint density at radius 2 is 1.76 bits per heavy atom. The lowest BCUT2D eigenvalue weighted by Gasteiger charge is -2.34. The lowest BCUT2D eigenvalue weighted by molar-refractivity contribution is 0.249. The van der Waals surface area contributed by atoms with Crippen molar-refractivity contribution >= 4 is 5.84 Å². The first-order valence-corrected chi connectivity index (χ1v) is 11.3. The van der Waals surface area contributed by atoms with Gasteiger partial charge >= 0.3 is 0 Å². The Labute approximate surface area is 194 Å². The molecule has 1 atom stereocenters. The number of hydrogen-bond donors (Lipinski definition) is 0. The smallest absolute Gasteiger partial charge is 0.258 e. The number of rotatable bonds is 6. The highest BCUT2D eigenvalue weighted by molar-refractivity contribution is 6.00. The third kappa shape index (κ3) is 4.45. The van der Waals surface area contributed by atoms with Crippen molar-refractivity contribution in [2.75, 3.05) is 13.1 Å². The molecule has 0 saturated carbocycles. The summed E-state index contributed by atoms with van der Waals surface area (Å²) in [5.74, 6) is 1.66. The summed E-state index contributed by atoms with van der Waals surface area (Å²) in [4.78, 5) is 25.2. The van der Waals surface area contributed by atoms with Crippen LogP contribution in [0.5, 0.6) is 0 Å². The second-order valence-corrected chi connectivity index (χ2v) is 8.89. The normalized spacial score (nSPS) is 14.3. The quantitative estimate of drug-likeness (QED) is 0.576. The van der Waals surface area contributed by atoms with Crippen LogP contribution in [0.25, 0.3) is 0 Å². The van der Waals surface area contributed by atoms with E-state index >= 15 is 0 Å². The van der Waals surface area contributed by atoms with Gasteiger partial charge < -0.3 is 4.90 Å². The molecule has 2 heterocycles. The van der Waals surface area contributed by atoms with Gasteiger partial charge in [0.1, 0.15) is 17.7 Å². The SMILES string of the molecule is Cc1ccc(C2=NCCN2C(c2nc(C#N)c(C)c(=O)n2Cc2ccccc2)C(C)C)cc1. The molecule has 0 fully saturated rings. The maximum absolute atomic E-state index is 13.4. The highest BCUT2D eigenvalue weighted by Crippen LogP contribution is 2.31. The van der Waals surface area contributed by atoms with Crippen LogP contribution in [0.1, 0.15) is 53.7 Å². The molecule has 168 valence electrons. The molecule has 33 heavy (non-hydrogen) atoms. The topological polar surface area (TPSA) is 74.3 Å². The Balaban J connectivity index is 1.86. The zero-order valence-electron chi connectivity index (χ0n) is 19.6. The molecule has 1 aliphatic rings. The van der Waals surface area contributed by atoms with Crippen molar-refractivity contribution in [3.05, 3.63) is 98.7 Å². The number of nitrogens with zero attached hydrogens (tertiary/aromatic N) is 5. The summed E-state index contributed by atoms with van der Waals surface area (Å²) in [6.07, 6.45) is 0. The van der Waals surface area contributed by atoms with Crippen LogP contribution in [0.15, 0.2) is 64.4 Å². The molecule has 0 saturated heterocycles. The van der Waals surface area contributed by atoms with Crippen molar-refractivity contribution in [2.24, 2.45) is 10.9 Å². The van der Waals surface area contributed by atoms with Gasteiger partial charge in [0.05, 0.1) is 24.7 Å². The third-order valence-electron chi connectivity index (χ3n) is 6.13. The predicted octanol–water partition coefficient (Wildman–Crippen LogP) is 4.24. The summed E-state index contributed by atoms with van der Waals surface area (Å²) in [6, 6.07) is 20.2. The maximum Gasteiger partial charge on any atom is 0.258 e. The lowest BCUT2D eigenvalue weighted by atomic mass is 9.99. The minimum atomic E-state index is -0.198. The average Bonchev–Trinajstić information content (AvgIpc) is 3.28. The standard InChI is InChI=1S/C27H29N5O/c1-18(2)24(31-15-14-29-25(31)22-12-10-19(3)11-13-22)26-30-23(16-28)20(4)27(33)32(26)17-21-8-6-5-7-9-21/h5-13,18,24H,14-15,17H2,1-4H3. The fourth-order valence-corrected chi connectivity index (χ4v) is 4.41. The molecule has 6 nitrogen and oxygen atoms in total. The Bertz CT molecular complexity index is 1270. The molecule has 0 spiro atoms. The van der Waals surface area contributed by atoms with Gasteiger partial charge in [0.2, 0.25) is 0 Å². The zero-order chi connectivity index (χ0) is 23.5. The number of aromatic nitrogens is 2. The Morgan fingerprint density at radius 1 is 1.06 bits per heavy atom. The van der Waals surface area contributed by atoms with E-state index in [4.69, 9.17) is 9.98 Å². The van der Waals surface area contributed by atoms with Crippen molar-refractivity contribution in [2.45, 2.75) is 40.3 Å². The molecule has 0 radical (unpaired) electrons. The van der Waals surface area contributed by atoms with E-state index in [2.05, 4.69) is 56.0 Å². The number of amidine groups is 1. The number of nitriles is 1. The predicted molar refractivity (Wildman–Crippen MR) is 130 cm³/mol. The van der Waals surface area contributed by atoms with Crippen molar-refractivity contribution in [3.8, 4) is 6.07 Å². The number of aryl methyl sites for hydroxylation is 1. The van der Waals surface area contributed by atoms with Gasteiger partial charge in [-0.1, -0.05) is 74.0 Å². The monoisotopic (exact) mass is 439 g/mol. The van der Waals surface area contributed by atoms with Crippen LogP contribution in [-0.2, 0) is 6.54 Å². The molecular formula is C27H29N5O. The Hall–Kier alpha value is -3.72. The highest BCUT2D eigenvalue weighted by Gasteiger charge is 2.34. The van der Waals surface area contributed by atoms with Crippen LogP contribution in [0, 0.1) is 31.1 Å². The average molecular weight is 440 g/mol. The van der Waals surface area contributed by atoms with E-state index in [0.29, 0.717) is 24.5 Å². The number of benzene rings is 2. The van der Waals surface area contributed by atoms with Crippen molar-refractivity contribution in [3.63, 3.8) is 0 Å². The molecule has 2 aromatic carbocycles. The number of hydrogen-bond acceptors (Lipinski definition) is 5. The second kappa shape index (κ2) is 9.41. The van der Waals surface area contributed by atoms with E-state index in [1.165, 1.54) is 5.56 Å². The molecule has 3 aromatic rings. The second-order valence-electron chi connectivity index (χ2n) is 8.89. The van der Waals surface area contributed by atoms with Crippen LogP contribution in [0.3, 0.4) is 0 Å². The lowest BCUT2D eigenvalue weighted by Crippen LogP contribution is -2.41.